The number of methoxy groups -OCH3 is 1. The Hall–Kier alpha value is -2.72. The lowest BCUT2D eigenvalue weighted by Crippen LogP contribution is -2.17. The number of fused-ring (bicyclic) bond motifs is 1. The van der Waals surface area contributed by atoms with Crippen molar-refractivity contribution in [3.8, 4) is 5.75 Å². The van der Waals surface area contributed by atoms with Crippen LogP contribution in [0.15, 0.2) is 41.5 Å². The van der Waals surface area contributed by atoms with Gasteiger partial charge >= 0.3 is 5.97 Å². The number of aryl methyl sites for hydroxylation is 1. The number of carbonyl (C=O) groups is 1. The highest BCUT2D eigenvalue weighted by molar-refractivity contribution is 5.91. The Morgan fingerprint density at radius 2 is 2.05 bits per heavy atom. The van der Waals surface area contributed by atoms with Gasteiger partial charge in [-0.15, -0.1) is 0 Å². The van der Waals surface area contributed by atoms with E-state index < -0.39 is 12.0 Å². The number of carboxylic acids is 1. The lowest BCUT2D eigenvalue weighted by atomic mass is 9.98. The Morgan fingerprint density at radius 3 is 2.67 bits per heavy atom. The number of ether oxygens (including phenoxy) is 1. The predicted molar refractivity (Wildman–Crippen MR) is 79.4 cm³/mol. The van der Waals surface area contributed by atoms with Crippen molar-refractivity contribution < 1.29 is 14.6 Å². The minimum Gasteiger partial charge on any atom is -0.496 e. The van der Waals surface area contributed by atoms with E-state index in [1.54, 1.807) is 7.11 Å². The highest BCUT2D eigenvalue weighted by Gasteiger charge is 2.16. The normalized spacial score (nSPS) is 11.7. The second-order valence-corrected chi connectivity index (χ2v) is 4.57. The quantitative estimate of drug-likeness (QED) is 0.499. The number of aliphatic carboxylic acids is 1. The lowest BCUT2D eigenvalue weighted by Gasteiger charge is -2.11. The summed E-state index contributed by atoms with van der Waals surface area (Å²) in [5, 5.41) is 14.3. The Balaban J connectivity index is 2.31. The first kappa shape index (κ1) is 14.7. The van der Waals surface area contributed by atoms with E-state index in [9.17, 15) is 4.79 Å². The Labute approximate surface area is 121 Å². The first-order valence-corrected chi connectivity index (χ1v) is 6.49. The molecule has 0 aromatic heterocycles. The fourth-order valence-corrected chi connectivity index (χ4v) is 2.31. The molecule has 0 radical (unpaired) electrons. The molecular formula is C15H15N3O3. The van der Waals surface area contributed by atoms with E-state index in [0.29, 0.717) is 6.42 Å². The summed E-state index contributed by atoms with van der Waals surface area (Å²) in [6.07, 6.45) is 0.774. The molecule has 2 rings (SSSR count). The molecule has 0 spiro atoms. The van der Waals surface area contributed by atoms with Gasteiger partial charge in [-0.2, -0.15) is 0 Å². The molecule has 108 valence electrons. The fourth-order valence-electron chi connectivity index (χ4n) is 2.31. The summed E-state index contributed by atoms with van der Waals surface area (Å²) in [6.45, 7) is 0. The number of hydrogen-bond acceptors (Lipinski definition) is 3. The molecule has 0 saturated carbocycles. The topological polar surface area (TPSA) is 95.3 Å². The summed E-state index contributed by atoms with van der Waals surface area (Å²) in [5.74, 6) is -0.329. The van der Waals surface area contributed by atoms with Crippen LogP contribution in [0, 0.1) is 0 Å². The predicted octanol–water partition coefficient (Wildman–Crippen LogP) is 3.54. The third-order valence-corrected chi connectivity index (χ3v) is 3.36. The van der Waals surface area contributed by atoms with E-state index in [4.69, 9.17) is 15.4 Å². The molecule has 1 atom stereocenters. The molecule has 0 aliphatic carbocycles. The minimum atomic E-state index is -1.11. The molecule has 2 aromatic rings. The van der Waals surface area contributed by atoms with Crippen LogP contribution < -0.4 is 4.74 Å². The van der Waals surface area contributed by atoms with Crippen molar-refractivity contribution in [3.05, 3.63) is 52.4 Å². The van der Waals surface area contributed by atoms with Crippen LogP contribution in [0.1, 0.15) is 12.0 Å². The van der Waals surface area contributed by atoms with Crippen LogP contribution in [0.3, 0.4) is 0 Å². The van der Waals surface area contributed by atoms with E-state index in [1.807, 2.05) is 36.4 Å². The molecule has 0 heterocycles. The maximum Gasteiger partial charge on any atom is 0.312 e. The number of carboxylic acid groups (broad SMARTS) is 1. The van der Waals surface area contributed by atoms with Gasteiger partial charge in [-0.3, -0.25) is 4.79 Å². The lowest BCUT2D eigenvalue weighted by molar-refractivity contribution is -0.138. The zero-order valence-corrected chi connectivity index (χ0v) is 11.6. The minimum absolute atomic E-state index is 0.260. The van der Waals surface area contributed by atoms with Gasteiger partial charge in [0.05, 0.1) is 7.11 Å². The van der Waals surface area contributed by atoms with E-state index in [0.717, 1.165) is 22.1 Å². The summed E-state index contributed by atoms with van der Waals surface area (Å²) in [4.78, 5) is 13.6. The zero-order valence-electron chi connectivity index (χ0n) is 11.6. The number of benzene rings is 2. The van der Waals surface area contributed by atoms with Crippen molar-refractivity contribution >= 4 is 16.7 Å². The van der Waals surface area contributed by atoms with E-state index in [-0.39, 0.29) is 6.42 Å². The molecule has 6 heteroatoms. The first-order chi connectivity index (χ1) is 10.2. The van der Waals surface area contributed by atoms with Crippen molar-refractivity contribution in [2.75, 3.05) is 7.11 Å². The number of nitrogens with zero attached hydrogens (tertiary/aromatic N) is 3. The van der Waals surface area contributed by atoms with Gasteiger partial charge in [-0.25, -0.2) is 0 Å². The second kappa shape index (κ2) is 6.63. The largest absolute Gasteiger partial charge is 0.496 e. The van der Waals surface area contributed by atoms with E-state index in [2.05, 4.69) is 10.0 Å². The smallest absolute Gasteiger partial charge is 0.312 e. The highest BCUT2D eigenvalue weighted by Crippen LogP contribution is 2.29. The Bertz CT molecular complexity index is 706. The maximum atomic E-state index is 11.0. The Kier molecular flexibility index (Phi) is 4.64. The zero-order chi connectivity index (χ0) is 15.2. The van der Waals surface area contributed by atoms with Crippen LogP contribution in [0.2, 0.25) is 0 Å². The molecule has 0 aliphatic rings. The van der Waals surface area contributed by atoms with Crippen molar-refractivity contribution in [2.24, 2.45) is 5.11 Å². The van der Waals surface area contributed by atoms with Gasteiger partial charge in [-0.1, -0.05) is 35.4 Å². The molecule has 0 bridgehead atoms. The van der Waals surface area contributed by atoms with Gasteiger partial charge in [-0.05, 0) is 35.4 Å². The van der Waals surface area contributed by atoms with Crippen LogP contribution in [0.5, 0.6) is 5.75 Å². The third kappa shape index (κ3) is 3.24. The average Bonchev–Trinajstić information content (AvgIpc) is 2.50. The van der Waals surface area contributed by atoms with Gasteiger partial charge in [0.25, 0.3) is 0 Å². The van der Waals surface area contributed by atoms with Crippen molar-refractivity contribution in [1.29, 1.82) is 0 Å². The van der Waals surface area contributed by atoms with Crippen LogP contribution in [-0.4, -0.2) is 24.2 Å². The fraction of sp³-hybridized carbons (Fsp3) is 0.267. The van der Waals surface area contributed by atoms with E-state index in [1.165, 1.54) is 0 Å². The molecule has 0 amide bonds. The van der Waals surface area contributed by atoms with Gasteiger partial charge in [0.2, 0.25) is 0 Å². The molecule has 1 N–H and O–H groups in total. The monoisotopic (exact) mass is 285 g/mol. The van der Waals surface area contributed by atoms with Crippen molar-refractivity contribution in [2.45, 2.75) is 18.9 Å². The molecule has 0 fully saturated rings. The van der Waals surface area contributed by atoms with Gasteiger partial charge < -0.3 is 9.84 Å². The van der Waals surface area contributed by atoms with Crippen LogP contribution in [0.25, 0.3) is 21.2 Å². The van der Waals surface area contributed by atoms with Gasteiger partial charge in [0.15, 0.2) is 0 Å². The van der Waals surface area contributed by atoms with Crippen LogP contribution in [0.4, 0.5) is 0 Å². The molecule has 0 unspecified atom stereocenters. The number of rotatable bonds is 6. The number of azide groups is 1. The second-order valence-electron chi connectivity index (χ2n) is 4.57. The first-order valence-electron chi connectivity index (χ1n) is 6.49. The van der Waals surface area contributed by atoms with Crippen molar-refractivity contribution in [3.63, 3.8) is 0 Å². The summed E-state index contributed by atoms with van der Waals surface area (Å²) >= 11 is 0. The Morgan fingerprint density at radius 1 is 1.33 bits per heavy atom. The SMILES string of the molecule is COc1ccc(CC[C@H](N=[N+]=[N-])C(=O)O)c2ccccc12. The maximum absolute atomic E-state index is 11.0. The summed E-state index contributed by atoms with van der Waals surface area (Å²) in [5.41, 5.74) is 9.41. The van der Waals surface area contributed by atoms with E-state index >= 15 is 0 Å². The summed E-state index contributed by atoms with van der Waals surface area (Å²) in [7, 11) is 1.61. The van der Waals surface area contributed by atoms with Crippen LogP contribution in [-0.2, 0) is 11.2 Å². The van der Waals surface area contributed by atoms with Gasteiger partial charge in [0, 0.05) is 10.3 Å². The summed E-state index contributed by atoms with van der Waals surface area (Å²) in [6, 6.07) is 10.5. The highest BCUT2D eigenvalue weighted by atomic mass is 16.5. The van der Waals surface area contributed by atoms with Gasteiger partial charge in [0.1, 0.15) is 11.8 Å². The molecule has 21 heavy (non-hydrogen) atoms. The molecule has 6 nitrogen and oxygen atoms in total. The molecule has 2 aromatic carbocycles. The number of hydrogen-bond donors (Lipinski definition) is 1. The molecular weight excluding hydrogens is 270 g/mol. The molecule has 0 aliphatic heterocycles. The average molecular weight is 285 g/mol. The standard InChI is InChI=1S/C15H15N3O3/c1-21-14-9-7-10(11-4-2-3-5-12(11)14)6-8-13(15(19)20)17-18-16/h2-5,7,9,13H,6,8H2,1H3,(H,19,20)/t13-/m0/s1. The van der Waals surface area contributed by atoms with Crippen molar-refractivity contribution in [1.82, 2.24) is 0 Å². The van der Waals surface area contributed by atoms with Crippen LogP contribution >= 0.6 is 0 Å². The molecule has 0 saturated heterocycles. The third-order valence-electron chi connectivity index (χ3n) is 3.36. The summed E-state index contributed by atoms with van der Waals surface area (Å²) < 4.78 is 5.32.